The van der Waals surface area contributed by atoms with Crippen molar-refractivity contribution >= 4 is 30.7 Å². The van der Waals surface area contributed by atoms with E-state index in [-0.39, 0.29) is 36.3 Å². The molecule has 1 fully saturated rings. The highest BCUT2D eigenvalue weighted by atomic mass is 35.5. The molecule has 1 rings (SSSR count). The van der Waals surface area contributed by atoms with E-state index in [1.165, 1.54) is 12.8 Å². The summed E-state index contributed by atoms with van der Waals surface area (Å²) in [5.74, 6) is 0.918. The Labute approximate surface area is 123 Å². The molecule has 18 heavy (non-hydrogen) atoms. The first-order valence-corrected chi connectivity index (χ1v) is 6.06. The van der Waals surface area contributed by atoms with Crippen molar-refractivity contribution in [2.24, 2.45) is 5.92 Å². The minimum Gasteiger partial charge on any atom is -0.353 e. The second-order valence-electron chi connectivity index (χ2n) is 5.56. The summed E-state index contributed by atoms with van der Waals surface area (Å²) in [5.41, 5.74) is 0.00610. The quantitative estimate of drug-likeness (QED) is 0.744. The molecule has 4 nitrogen and oxygen atoms in total. The molecule has 1 aliphatic rings. The third kappa shape index (κ3) is 8.14. The van der Waals surface area contributed by atoms with Crippen molar-refractivity contribution in [1.29, 1.82) is 0 Å². The molecule has 1 saturated carbocycles. The molecule has 0 spiro atoms. The van der Waals surface area contributed by atoms with Crippen LogP contribution in [-0.4, -0.2) is 50.1 Å². The van der Waals surface area contributed by atoms with Crippen LogP contribution in [0.3, 0.4) is 0 Å². The predicted octanol–water partition coefficient (Wildman–Crippen LogP) is 1.29. The van der Waals surface area contributed by atoms with Crippen LogP contribution in [0.2, 0.25) is 0 Å². The molecule has 0 aromatic carbocycles. The standard InChI is InChI=1S/C12H25N3O.2ClH/c1-12(2,15(3)4)9-14-11(16)8-13-7-10-5-6-10;;/h10,13H,5-9H2,1-4H3,(H,14,16);2*1H. The number of likely N-dealkylation sites (N-methyl/N-ethyl adjacent to an activating group) is 1. The Hall–Kier alpha value is -0.0300. The van der Waals surface area contributed by atoms with Gasteiger partial charge in [0.2, 0.25) is 5.91 Å². The summed E-state index contributed by atoms with van der Waals surface area (Å²) in [4.78, 5) is 13.6. The fourth-order valence-corrected chi connectivity index (χ4v) is 1.25. The van der Waals surface area contributed by atoms with Gasteiger partial charge in [-0.1, -0.05) is 0 Å². The van der Waals surface area contributed by atoms with E-state index in [4.69, 9.17) is 0 Å². The first-order valence-electron chi connectivity index (χ1n) is 6.06. The lowest BCUT2D eigenvalue weighted by Gasteiger charge is -2.32. The molecule has 0 aromatic heterocycles. The number of rotatable bonds is 7. The summed E-state index contributed by atoms with van der Waals surface area (Å²) in [6.07, 6.45) is 2.64. The van der Waals surface area contributed by atoms with Gasteiger partial charge >= 0.3 is 0 Å². The third-order valence-corrected chi connectivity index (χ3v) is 3.34. The van der Waals surface area contributed by atoms with Gasteiger partial charge in [0, 0.05) is 12.1 Å². The maximum atomic E-state index is 11.5. The molecule has 1 amide bonds. The van der Waals surface area contributed by atoms with Crippen LogP contribution >= 0.6 is 24.8 Å². The molecule has 0 unspecified atom stereocenters. The average molecular weight is 300 g/mol. The molecule has 0 saturated heterocycles. The molecule has 2 N–H and O–H groups in total. The minimum atomic E-state index is 0. The fraction of sp³-hybridized carbons (Fsp3) is 0.917. The Kier molecular flexibility index (Phi) is 10.1. The van der Waals surface area contributed by atoms with Gasteiger partial charge in [-0.15, -0.1) is 24.8 Å². The van der Waals surface area contributed by atoms with Gasteiger partial charge in [0.25, 0.3) is 0 Å². The summed E-state index contributed by atoms with van der Waals surface area (Å²) in [7, 11) is 4.05. The van der Waals surface area contributed by atoms with Crippen LogP contribution in [0.5, 0.6) is 0 Å². The van der Waals surface area contributed by atoms with Crippen LogP contribution in [0.4, 0.5) is 0 Å². The lowest BCUT2D eigenvalue weighted by molar-refractivity contribution is -0.120. The number of nitrogens with zero attached hydrogens (tertiary/aromatic N) is 1. The van der Waals surface area contributed by atoms with Crippen LogP contribution in [0.25, 0.3) is 0 Å². The summed E-state index contributed by atoms with van der Waals surface area (Å²) in [6.45, 7) is 6.35. The Morgan fingerprint density at radius 1 is 1.28 bits per heavy atom. The lowest BCUT2D eigenvalue weighted by atomic mass is 10.0. The van der Waals surface area contributed by atoms with Gasteiger partial charge < -0.3 is 15.5 Å². The van der Waals surface area contributed by atoms with E-state index in [9.17, 15) is 4.79 Å². The number of carbonyl (C=O) groups excluding carboxylic acids is 1. The highest BCUT2D eigenvalue weighted by Crippen LogP contribution is 2.27. The van der Waals surface area contributed by atoms with Gasteiger partial charge in [0.1, 0.15) is 0 Å². The van der Waals surface area contributed by atoms with Crippen molar-refractivity contribution in [3.63, 3.8) is 0 Å². The van der Waals surface area contributed by atoms with Crippen molar-refractivity contribution in [2.45, 2.75) is 32.2 Å². The predicted molar refractivity (Wildman–Crippen MR) is 80.9 cm³/mol. The zero-order valence-corrected chi connectivity index (χ0v) is 13.4. The SMILES string of the molecule is CN(C)C(C)(C)CNC(=O)CNCC1CC1.Cl.Cl. The van der Waals surface area contributed by atoms with E-state index >= 15 is 0 Å². The lowest BCUT2D eigenvalue weighted by Crippen LogP contribution is -2.49. The van der Waals surface area contributed by atoms with Gasteiger partial charge in [0.15, 0.2) is 0 Å². The van der Waals surface area contributed by atoms with E-state index in [1.54, 1.807) is 0 Å². The van der Waals surface area contributed by atoms with Gasteiger partial charge in [0.05, 0.1) is 6.54 Å². The van der Waals surface area contributed by atoms with Crippen molar-refractivity contribution in [1.82, 2.24) is 15.5 Å². The Morgan fingerprint density at radius 2 is 1.83 bits per heavy atom. The number of halogens is 2. The first-order chi connectivity index (χ1) is 7.42. The molecule has 0 aliphatic heterocycles. The summed E-state index contributed by atoms with van der Waals surface area (Å²) >= 11 is 0. The number of hydrogen-bond acceptors (Lipinski definition) is 3. The molecular formula is C12H27Cl2N3O. The van der Waals surface area contributed by atoms with Crippen LogP contribution in [0, 0.1) is 5.92 Å². The molecule has 0 aromatic rings. The van der Waals surface area contributed by atoms with Crippen molar-refractivity contribution in [3.8, 4) is 0 Å². The monoisotopic (exact) mass is 299 g/mol. The van der Waals surface area contributed by atoms with E-state index in [0.29, 0.717) is 13.1 Å². The number of nitrogens with one attached hydrogen (secondary N) is 2. The molecular weight excluding hydrogens is 273 g/mol. The van der Waals surface area contributed by atoms with Crippen molar-refractivity contribution < 1.29 is 4.79 Å². The van der Waals surface area contributed by atoms with Crippen LogP contribution < -0.4 is 10.6 Å². The second-order valence-corrected chi connectivity index (χ2v) is 5.56. The Morgan fingerprint density at radius 3 is 2.28 bits per heavy atom. The first kappa shape index (κ1) is 20.3. The van der Waals surface area contributed by atoms with E-state index < -0.39 is 0 Å². The minimum absolute atomic E-state index is 0. The second kappa shape index (κ2) is 8.97. The maximum absolute atomic E-state index is 11.5. The average Bonchev–Trinajstić information content (AvgIpc) is 2.98. The zero-order chi connectivity index (χ0) is 12.2. The van der Waals surface area contributed by atoms with Crippen molar-refractivity contribution in [3.05, 3.63) is 0 Å². The Bertz CT molecular complexity index is 243. The molecule has 0 atom stereocenters. The summed E-state index contributed by atoms with van der Waals surface area (Å²) in [6, 6.07) is 0. The Balaban J connectivity index is 0. The molecule has 0 heterocycles. The number of hydrogen-bond donors (Lipinski definition) is 2. The smallest absolute Gasteiger partial charge is 0.234 e. The number of amides is 1. The number of carbonyl (C=O) groups is 1. The third-order valence-electron chi connectivity index (χ3n) is 3.34. The van der Waals surface area contributed by atoms with E-state index in [2.05, 4.69) is 29.4 Å². The topological polar surface area (TPSA) is 44.4 Å². The zero-order valence-electron chi connectivity index (χ0n) is 11.8. The normalized spacial score (nSPS) is 14.7. The van der Waals surface area contributed by atoms with Crippen molar-refractivity contribution in [2.75, 3.05) is 33.7 Å². The molecule has 6 heteroatoms. The van der Waals surface area contributed by atoms with Crippen LogP contribution in [0.15, 0.2) is 0 Å². The maximum Gasteiger partial charge on any atom is 0.234 e. The highest BCUT2D eigenvalue weighted by Gasteiger charge is 2.22. The molecule has 0 bridgehead atoms. The molecule has 0 radical (unpaired) electrons. The summed E-state index contributed by atoms with van der Waals surface area (Å²) < 4.78 is 0. The van der Waals surface area contributed by atoms with Crippen LogP contribution in [-0.2, 0) is 4.79 Å². The van der Waals surface area contributed by atoms with E-state index in [0.717, 1.165) is 12.5 Å². The largest absolute Gasteiger partial charge is 0.353 e. The van der Waals surface area contributed by atoms with Crippen LogP contribution in [0.1, 0.15) is 26.7 Å². The summed E-state index contributed by atoms with van der Waals surface area (Å²) in [5, 5.41) is 6.14. The van der Waals surface area contributed by atoms with E-state index in [1.807, 2.05) is 14.1 Å². The van der Waals surface area contributed by atoms with Gasteiger partial charge in [-0.05, 0) is 53.2 Å². The molecule has 1 aliphatic carbocycles. The van der Waals surface area contributed by atoms with Gasteiger partial charge in [-0.2, -0.15) is 0 Å². The highest BCUT2D eigenvalue weighted by molar-refractivity contribution is 5.85. The fourth-order valence-electron chi connectivity index (χ4n) is 1.25. The van der Waals surface area contributed by atoms with Gasteiger partial charge in [-0.25, -0.2) is 0 Å². The molecule has 110 valence electrons. The van der Waals surface area contributed by atoms with Gasteiger partial charge in [-0.3, -0.25) is 4.79 Å².